The molecule has 0 aromatic heterocycles. The molecule has 0 bridgehead atoms. The van der Waals surface area contributed by atoms with Gasteiger partial charge in [-0.1, -0.05) is 81.1 Å². The molecule has 8 saturated heterocycles. The lowest BCUT2D eigenvalue weighted by atomic mass is 9.79. The van der Waals surface area contributed by atoms with E-state index in [9.17, 15) is 18.3 Å². The number of piperidine rings is 4. The molecule has 0 aromatic rings. The molecule has 0 spiro atoms. The number of hydroxylamine groups is 8. The lowest BCUT2D eigenvalue weighted by Gasteiger charge is -2.56. The van der Waals surface area contributed by atoms with Gasteiger partial charge in [-0.3, -0.25) is 45.9 Å². The van der Waals surface area contributed by atoms with Crippen LogP contribution in [0.4, 0.5) is 0 Å². The van der Waals surface area contributed by atoms with Crippen LogP contribution in [0.1, 0.15) is 283 Å². The van der Waals surface area contributed by atoms with E-state index in [1.165, 1.54) is 0 Å². The molecule has 0 radical (unpaired) electrons. The molecule has 8 fully saturated rings. The summed E-state index contributed by atoms with van der Waals surface area (Å²) in [5.41, 5.74) is -2.88. The van der Waals surface area contributed by atoms with Crippen molar-refractivity contribution < 1.29 is 73.8 Å². The van der Waals surface area contributed by atoms with Gasteiger partial charge in [0.25, 0.3) is 0 Å². The van der Waals surface area contributed by atoms with Crippen LogP contribution in [0.25, 0.3) is 0 Å². The molecule has 0 saturated carbocycles. The zero-order chi connectivity index (χ0) is 76.6. The van der Waals surface area contributed by atoms with Gasteiger partial charge in [0.1, 0.15) is 0 Å². The van der Waals surface area contributed by atoms with E-state index in [4.69, 9.17) is 55.5 Å². The van der Waals surface area contributed by atoms with Gasteiger partial charge in [-0.25, -0.2) is 36.9 Å². The molecule has 28 heteroatoms. The van der Waals surface area contributed by atoms with Crippen LogP contribution in [0.15, 0.2) is 0 Å². The third-order valence-electron chi connectivity index (χ3n) is 22.1. The fraction of sp³-hybridized carbons (Fsp3) is 1.00. The summed E-state index contributed by atoms with van der Waals surface area (Å²) in [6, 6.07) is 0.0316. The number of nitrogens with zero attached hydrogens (tertiary/aromatic N) is 8. The molecule has 8 heterocycles. The van der Waals surface area contributed by atoms with Crippen molar-refractivity contribution in [2.75, 3.05) is 106 Å². The second kappa shape index (κ2) is 33.4. The average Bonchev–Trinajstić information content (AvgIpc) is 0.765. The van der Waals surface area contributed by atoms with Crippen LogP contribution >= 0.6 is 31.0 Å². The molecule has 102 heavy (non-hydrogen) atoms. The van der Waals surface area contributed by atoms with E-state index in [-0.39, 0.29) is 90.1 Å². The SMILES string of the molecule is CCON1C(C)(C)CC(N(CCCCCCN(C2CC(C)(C)N(OCC)C(C)(C)C2)P2(=O)OCC(C)(C)CO2)P2(=O)OCC(C)(C)CO2)CC1(C)C.CON1C(C)(C)CC(N(CCCCCCN(C2CC(C)(C)N(OC)C(C)(C)C2)P2(=O)OCC(C)(C)CO2)P2(=O)OCC(C)(C)CO2)CC1(C)C. The Morgan fingerprint density at radius 3 is 0.588 bits per heavy atom. The fourth-order valence-corrected chi connectivity index (χ4v) is 27.8. The topological polar surface area (TPSA) is 205 Å². The summed E-state index contributed by atoms with van der Waals surface area (Å²) in [7, 11) is -10.5. The van der Waals surface area contributed by atoms with Crippen LogP contribution < -0.4 is 0 Å². The first-order chi connectivity index (χ1) is 46.6. The van der Waals surface area contributed by atoms with Crippen molar-refractivity contribution in [3.05, 3.63) is 0 Å². The fourth-order valence-electron chi connectivity index (χ4n) is 18.4. The van der Waals surface area contributed by atoms with Crippen LogP contribution in [0.3, 0.4) is 0 Å². The Morgan fingerprint density at radius 1 is 0.284 bits per heavy atom. The van der Waals surface area contributed by atoms with Crippen LogP contribution in [0.2, 0.25) is 0 Å². The van der Waals surface area contributed by atoms with Crippen LogP contribution in [0.5, 0.6) is 0 Å². The number of rotatable bonds is 28. The molecule has 24 nitrogen and oxygen atoms in total. The van der Waals surface area contributed by atoms with Gasteiger partial charge in [-0.05, 0) is 202 Å². The van der Waals surface area contributed by atoms with Crippen LogP contribution in [-0.4, -0.2) is 214 Å². The highest BCUT2D eigenvalue weighted by Gasteiger charge is 2.58. The van der Waals surface area contributed by atoms with Crippen LogP contribution in [-0.2, 0) is 73.8 Å². The maximum atomic E-state index is 14.5. The van der Waals surface area contributed by atoms with Crippen LogP contribution in [0, 0.1) is 21.7 Å². The Labute approximate surface area is 620 Å². The summed E-state index contributed by atoms with van der Waals surface area (Å²) in [5, 5.41) is 8.43. The van der Waals surface area contributed by atoms with Crippen molar-refractivity contribution in [1.29, 1.82) is 0 Å². The van der Waals surface area contributed by atoms with E-state index >= 15 is 0 Å². The van der Waals surface area contributed by atoms with Crippen molar-refractivity contribution >= 4 is 31.0 Å². The van der Waals surface area contributed by atoms with Crippen molar-refractivity contribution in [3.63, 3.8) is 0 Å². The normalized spacial score (nSPS) is 29.0. The Bertz CT molecular complexity index is 2610. The lowest BCUT2D eigenvalue weighted by Crippen LogP contribution is -2.63. The van der Waals surface area contributed by atoms with E-state index < -0.39 is 31.0 Å². The Balaban J connectivity index is 0.000000286. The first-order valence-electron chi connectivity index (χ1n) is 38.8. The molecule has 0 aliphatic carbocycles. The van der Waals surface area contributed by atoms with Gasteiger partial charge in [-0.2, -0.15) is 20.3 Å². The summed E-state index contributed by atoms with van der Waals surface area (Å²) >= 11 is 0. The number of hydrogen-bond donors (Lipinski definition) is 0. The van der Waals surface area contributed by atoms with E-state index in [0.717, 1.165) is 103 Å². The number of hydrogen-bond acceptors (Lipinski definition) is 20. The van der Waals surface area contributed by atoms with Crippen molar-refractivity contribution in [1.82, 2.24) is 38.9 Å². The molecular formula is C74H148N8O16P4. The molecule has 0 unspecified atom stereocenters. The van der Waals surface area contributed by atoms with Gasteiger partial charge >= 0.3 is 31.0 Å². The standard InChI is InChI=1S/C38H76N4O8P2.C36H72N4O8P2/c1-15-45-41-35(7,8)23-31(24-36(41,9)10)39(51(43)47-27-33(3,4)28-48-51)21-19-17-18-20-22-40(52(44)49-29-34(5,6)30-50-52)32-25-37(11,12)42(46-16-2)38(13,14)26-32;1-31(2)25-45-49(41,46-26-31)37(29-21-33(5,6)39(43-13)34(7,8)22-29)19-17-15-16-18-20-38(50(42)47-27-32(3,4)28-48-50)30-23-35(9,10)40(44-14)36(11,12)24-30/h31-32H,15-30H2,1-14H3;29-30H,15-28H2,1-14H3. The molecule has 0 amide bonds. The summed E-state index contributed by atoms with van der Waals surface area (Å²) in [6.45, 7) is 62.7. The summed E-state index contributed by atoms with van der Waals surface area (Å²) < 4.78 is 115. The molecule has 0 atom stereocenters. The van der Waals surface area contributed by atoms with Gasteiger partial charge < -0.3 is 9.68 Å². The summed E-state index contributed by atoms with van der Waals surface area (Å²) in [5.74, 6) is 0. The molecule has 8 rings (SSSR count). The Hall–Kier alpha value is 0.120. The zero-order valence-corrected chi connectivity index (χ0v) is 73.0. The largest absolute Gasteiger partial charge is 0.408 e. The smallest absolute Gasteiger partial charge is 0.301 e. The molecule has 8 aliphatic rings. The van der Waals surface area contributed by atoms with E-state index in [2.05, 4.69) is 205 Å². The minimum absolute atomic E-state index is 0.00785. The average molecular weight is 1530 g/mol. The second-order valence-electron chi connectivity index (χ2n) is 39.3. The monoisotopic (exact) mass is 1530 g/mol. The van der Waals surface area contributed by atoms with E-state index in [1.54, 1.807) is 14.2 Å². The first kappa shape index (κ1) is 89.3. The molecule has 8 aliphatic heterocycles. The second-order valence-corrected chi connectivity index (χ2v) is 47.2. The van der Waals surface area contributed by atoms with Crippen molar-refractivity contribution in [2.45, 2.75) is 351 Å². The minimum Gasteiger partial charge on any atom is -0.301 e. The lowest BCUT2D eigenvalue weighted by molar-refractivity contribution is -0.284. The first-order valence-corrected chi connectivity index (χ1v) is 44.8. The Morgan fingerprint density at radius 2 is 0.441 bits per heavy atom. The quantitative estimate of drug-likeness (QED) is 0.0527. The third kappa shape index (κ3) is 21.9. The van der Waals surface area contributed by atoms with E-state index in [0.29, 0.717) is 92.2 Å². The van der Waals surface area contributed by atoms with Crippen molar-refractivity contribution in [2.24, 2.45) is 21.7 Å². The highest BCUT2D eigenvalue weighted by molar-refractivity contribution is 7.52. The molecule has 600 valence electrons. The van der Waals surface area contributed by atoms with Gasteiger partial charge in [0, 0.05) is 116 Å². The predicted molar refractivity (Wildman–Crippen MR) is 406 cm³/mol. The maximum Gasteiger partial charge on any atom is 0.408 e. The highest BCUT2D eigenvalue weighted by Crippen LogP contribution is 2.64. The molecule has 0 aromatic carbocycles. The van der Waals surface area contributed by atoms with Gasteiger partial charge in [-0.15, -0.1) is 0 Å². The summed E-state index contributed by atoms with van der Waals surface area (Å²) in [6.07, 6.45) is 13.3. The van der Waals surface area contributed by atoms with Gasteiger partial charge in [0.2, 0.25) is 0 Å². The molecular weight excluding hydrogens is 1380 g/mol. The maximum absolute atomic E-state index is 14.5. The van der Waals surface area contributed by atoms with Gasteiger partial charge in [0.15, 0.2) is 0 Å². The number of unbranched alkanes of at least 4 members (excludes halogenated alkanes) is 6. The van der Waals surface area contributed by atoms with E-state index in [1.807, 2.05) is 13.8 Å². The Kier molecular flexibility index (Phi) is 29.3. The zero-order valence-electron chi connectivity index (χ0n) is 69.4. The predicted octanol–water partition coefficient (Wildman–Crippen LogP) is 18.1. The summed E-state index contributed by atoms with van der Waals surface area (Å²) in [4.78, 5) is 24.0. The molecule has 0 N–H and O–H groups in total. The third-order valence-corrected chi connectivity index (χ3v) is 30.4. The minimum atomic E-state index is -3.50. The highest BCUT2D eigenvalue weighted by atomic mass is 31.2. The van der Waals surface area contributed by atoms with Crippen molar-refractivity contribution in [3.8, 4) is 0 Å². The van der Waals surface area contributed by atoms with Gasteiger partial charge in [0.05, 0.1) is 80.3 Å².